The Labute approximate surface area is 196 Å². The van der Waals surface area contributed by atoms with Crippen LogP contribution in [0.3, 0.4) is 0 Å². The lowest BCUT2D eigenvalue weighted by atomic mass is 9.99. The van der Waals surface area contributed by atoms with E-state index in [1.54, 1.807) is 54.1 Å². The van der Waals surface area contributed by atoms with Crippen molar-refractivity contribution in [1.29, 1.82) is 0 Å². The molecule has 1 aliphatic rings. The van der Waals surface area contributed by atoms with E-state index in [1.807, 2.05) is 4.90 Å². The summed E-state index contributed by atoms with van der Waals surface area (Å²) >= 11 is 1.26. The summed E-state index contributed by atoms with van der Waals surface area (Å²) in [6.45, 7) is 3.86. The lowest BCUT2D eigenvalue weighted by Crippen LogP contribution is -2.38. The van der Waals surface area contributed by atoms with Gasteiger partial charge < -0.3 is 14.4 Å². The highest BCUT2D eigenvalue weighted by molar-refractivity contribution is 7.99. The quantitative estimate of drug-likeness (QED) is 0.456. The number of piperidine rings is 1. The number of carbonyl (C=O) groups excluding carboxylic acids is 1. The van der Waals surface area contributed by atoms with Gasteiger partial charge in [0.1, 0.15) is 23.9 Å². The van der Waals surface area contributed by atoms with Crippen molar-refractivity contribution in [1.82, 2.24) is 19.7 Å². The molecular weight excluding hydrogens is 443 g/mol. The van der Waals surface area contributed by atoms with Gasteiger partial charge in [0.15, 0.2) is 11.0 Å². The highest BCUT2D eigenvalue weighted by Gasteiger charge is 2.23. The van der Waals surface area contributed by atoms with Gasteiger partial charge in [-0.25, -0.2) is 4.39 Å². The molecule has 2 aromatic carbocycles. The molecule has 1 fully saturated rings. The predicted octanol–water partition coefficient (Wildman–Crippen LogP) is 4.34. The lowest BCUT2D eigenvalue weighted by molar-refractivity contribution is -0.129. The van der Waals surface area contributed by atoms with Crippen molar-refractivity contribution in [2.45, 2.75) is 31.5 Å². The van der Waals surface area contributed by atoms with E-state index in [0.717, 1.165) is 31.7 Å². The number of ether oxygens (including phenoxy) is 2. The van der Waals surface area contributed by atoms with Gasteiger partial charge in [-0.3, -0.25) is 9.36 Å². The van der Waals surface area contributed by atoms with E-state index < -0.39 is 5.82 Å². The van der Waals surface area contributed by atoms with Crippen molar-refractivity contribution in [3.63, 3.8) is 0 Å². The van der Waals surface area contributed by atoms with E-state index in [0.29, 0.717) is 28.3 Å². The second kappa shape index (κ2) is 10.7. The molecular formula is C24H27FN4O3S. The Morgan fingerprint density at radius 3 is 2.48 bits per heavy atom. The zero-order valence-electron chi connectivity index (χ0n) is 18.7. The van der Waals surface area contributed by atoms with Crippen molar-refractivity contribution in [3.05, 3.63) is 60.2 Å². The minimum absolute atomic E-state index is 0.0611. The fourth-order valence-corrected chi connectivity index (χ4v) is 4.52. The normalized spacial score (nSPS) is 14.3. The summed E-state index contributed by atoms with van der Waals surface area (Å²) in [4.78, 5) is 14.6. The Kier molecular flexibility index (Phi) is 7.49. The van der Waals surface area contributed by atoms with Crippen molar-refractivity contribution < 1.29 is 18.7 Å². The van der Waals surface area contributed by atoms with Gasteiger partial charge in [-0.2, -0.15) is 0 Å². The molecule has 0 unspecified atom stereocenters. The van der Waals surface area contributed by atoms with E-state index >= 15 is 0 Å². The van der Waals surface area contributed by atoms with Crippen LogP contribution in [0.1, 0.15) is 25.6 Å². The van der Waals surface area contributed by atoms with Gasteiger partial charge in [-0.15, -0.1) is 10.2 Å². The molecule has 0 spiro atoms. The minimum atomic E-state index is -0.402. The number of thioether (sulfide) groups is 1. The number of methoxy groups -OCH3 is 1. The molecule has 174 valence electrons. The van der Waals surface area contributed by atoms with Crippen LogP contribution in [-0.4, -0.2) is 51.5 Å². The summed E-state index contributed by atoms with van der Waals surface area (Å²) in [6.07, 6.45) is 2.04. The first-order valence-corrected chi connectivity index (χ1v) is 11.9. The van der Waals surface area contributed by atoms with E-state index in [9.17, 15) is 9.18 Å². The largest absolute Gasteiger partial charge is 0.497 e. The molecule has 0 aliphatic carbocycles. The third-order valence-corrected chi connectivity index (χ3v) is 6.60. The molecule has 0 atom stereocenters. The summed E-state index contributed by atoms with van der Waals surface area (Å²) in [5.74, 6) is 2.33. The van der Waals surface area contributed by atoms with Crippen LogP contribution in [0.25, 0.3) is 5.69 Å². The molecule has 2 heterocycles. The summed E-state index contributed by atoms with van der Waals surface area (Å²) < 4.78 is 27.3. The van der Waals surface area contributed by atoms with Gasteiger partial charge in [0.25, 0.3) is 0 Å². The number of para-hydroxylation sites is 1. The third kappa shape index (κ3) is 5.65. The van der Waals surface area contributed by atoms with Crippen LogP contribution >= 0.6 is 11.8 Å². The Bertz CT molecular complexity index is 1080. The van der Waals surface area contributed by atoms with Crippen LogP contribution < -0.4 is 9.47 Å². The predicted molar refractivity (Wildman–Crippen MR) is 124 cm³/mol. The van der Waals surface area contributed by atoms with Crippen molar-refractivity contribution in [3.8, 4) is 17.2 Å². The Hall–Kier alpha value is -3.07. The average molecular weight is 471 g/mol. The Morgan fingerprint density at radius 2 is 1.79 bits per heavy atom. The van der Waals surface area contributed by atoms with Crippen LogP contribution in [0.15, 0.2) is 53.7 Å². The van der Waals surface area contributed by atoms with E-state index in [4.69, 9.17) is 9.47 Å². The first-order chi connectivity index (χ1) is 16.0. The van der Waals surface area contributed by atoms with Gasteiger partial charge >= 0.3 is 0 Å². The fourth-order valence-electron chi connectivity index (χ4n) is 3.66. The van der Waals surface area contributed by atoms with E-state index in [2.05, 4.69) is 17.1 Å². The molecule has 33 heavy (non-hydrogen) atoms. The maximum absolute atomic E-state index is 14.7. The molecule has 9 heteroatoms. The number of likely N-dealkylation sites (tertiary alicyclic amines) is 1. The molecule has 1 saturated heterocycles. The molecule has 0 radical (unpaired) electrons. The maximum atomic E-state index is 14.7. The first-order valence-electron chi connectivity index (χ1n) is 10.9. The number of aromatic nitrogens is 3. The molecule has 3 aromatic rings. The molecule has 7 nitrogen and oxygen atoms in total. The number of hydrogen-bond donors (Lipinski definition) is 0. The lowest BCUT2D eigenvalue weighted by Gasteiger charge is -2.30. The number of carbonyl (C=O) groups is 1. The van der Waals surface area contributed by atoms with Crippen molar-refractivity contribution >= 4 is 17.7 Å². The maximum Gasteiger partial charge on any atom is 0.233 e. The number of nitrogens with zero attached hydrogens (tertiary/aromatic N) is 4. The van der Waals surface area contributed by atoms with Crippen LogP contribution in [-0.2, 0) is 11.4 Å². The molecule has 0 N–H and O–H groups in total. The van der Waals surface area contributed by atoms with E-state index in [1.165, 1.54) is 17.8 Å². The Morgan fingerprint density at radius 1 is 1.09 bits per heavy atom. The fraction of sp³-hybridized carbons (Fsp3) is 0.375. The summed E-state index contributed by atoms with van der Waals surface area (Å²) in [7, 11) is 1.60. The molecule has 1 aliphatic heterocycles. The monoisotopic (exact) mass is 470 g/mol. The zero-order valence-corrected chi connectivity index (χ0v) is 19.6. The van der Waals surface area contributed by atoms with E-state index in [-0.39, 0.29) is 18.3 Å². The van der Waals surface area contributed by atoms with Crippen molar-refractivity contribution in [2.75, 3.05) is 26.0 Å². The van der Waals surface area contributed by atoms with Gasteiger partial charge in [-0.1, -0.05) is 30.8 Å². The smallest absolute Gasteiger partial charge is 0.233 e. The topological polar surface area (TPSA) is 69.5 Å². The van der Waals surface area contributed by atoms with Gasteiger partial charge in [0.05, 0.1) is 18.6 Å². The van der Waals surface area contributed by atoms with Crippen LogP contribution in [0.4, 0.5) is 4.39 Å². The number of hydrogen-bond acceptors (Lipinski definition) is 6. The van der Waals surface area contributed by atoms with Gasteiger partial charge in [-0.05, 0) is 55.2 Å². The molecule has 4 rings (SSSR count). The van der Waals surface area contributed by atoms with Crippen LogP contribution in [0.5, 0.6) is 11.5 Å². The highest BCUT2D eigenvalue weighted by Crippen LogP contribution is 2.26. The number of rotatable bonds is 8. The number of amides is 1. The number of halogens is 1. The molecule has 1 amide bonds. The van der Waals surface area contributed by atoms with Crippen LogP contribution in [0.2, 0.25) is 0 Å². The zero-order chi connectivity index (χ0) is 23.2. The molecule has 0 bridgehead atoms. The molecule has 1 aromatic heterocycles. The second-order valence-electron chi connectivity index (χ2n) is 8.00. The van der Waals surface area contributed by atoms with Gasteiger partial charge in [0, 0.05) is 13.1 Å². The average Bonchev–Trinajstić information content (AvgIpc) is 3.24. The second-order valence-corrected chi connectivity index (χ2v) is 8.94. The summed E-state index contributed by atoms with van der Waals surface area (Å²) in [5, 5.41) is 8.93. The SMILES string of the molecule is COc1ccc(OCc2nnc(SCC(=O)N3CCC(C)CC3)n2-c2ccccc2F)cc1. The Balaban J connectivity index is 1.51. The summed E-state index contributed by atoms with van der Waals surface area (Å²) in [5.41, 5.74) is 0.317. The van der Waals surface area contributed by atoms with Gasteiger partial charge in [0.2, 0.25) is 5.91 Å². The first kappa shape index (κ1) is 23.1. The minimum Gasteiger partial charge on any atom is -0.497 e. The highest BCUT2D eigenvalue weighted by atomic mass is 32.2. The third-order valence-electron chi connectivity index (χ3n) is 5.68. The summed E-state index contributed by atoms with van der Waals surface area (Å²) in [6, 6.07) is 13.6. The van der Waals surface area contributed by atoms with Crippen molar-refractivity contribution in [2.24, 2.45) is 5.92 Å². The van der Waals surface area contributed by atoms with Crippen LogP contribution in [0, 0.1) is 11.7 Å². The number of benzene rings is 2. The standard InChI is InChI=1S/C24H27FN4O3S/c1-17-11-13-28(14-12-17)23(30)16-33-24-27-26-22(29(24)21-6-4-3-5-20(21)25)15-32-19-9-7-18(31-2)8-10-19/h3-10,17H,11-16H2,1-2H3. The molecule has 0 saturated carbocycles.